The predicted molar refractivity (Wildman–Crippen MR) is 68.0 cm³/mol. The molecule has 2 rings (SSSR count). The van der Waals surface area contributed by atoms with Crippen LogP contribution in [-0.2, 0) is 0 Å². The second-order valence-corrected chi connectivity index (χ2v) is 5.62. The van der Waals surface area contributed by atoms with Gasteiger partial charge in [0.15, 0.2) is 24.0 Å². The van der Waals surface area contributed by atoms with Gasteiger partial charge in [-0.2, -0.15) is 0 Å². The van der Waals surface area contributed by atoms with E-state index in [9.17, 15) is 27.1 Å². The summed E-state index contributed by atoms with van der Waals surface area (Å²) in [5.41, 5.74) is 0.701. The van der Waals surface area contributed by atoms with E-state index in [1.807, 2.05) is 0 Å². The van der Waals surface area contributed by atoms with Crippen LogP contribution in [0.25, 0.3) is 0 Å². The number of phenolic OH excluding ortho intramolecular Hbond substituents is 1. The topological polar surface area (TPSA) is 20.2 Å². The summed E-state index contributed by atoms with van der Waals surface area (Å²) in [5, 5.41) is 8.83. The molecule has 1 N–H and O–H groups in total. The Morgan fingerprint density at radius 3 is 2.30 bits per heavy atom. The maximum atomic E-state index is 13.6. The van der Waals surface area contributed by atoms with Crippen molar-refractivity contribution < 1.29 is 27.1 Å². The second-order valence-electron chi connectivity index (χ2n) is 4.33. The first kappa shape index (κ1) is 15.0. The number of phenols is 1. The molecule has 0 aliphatic heterocycles. The fourth-order valence-electron chi connectivity index (χ4n) is 1.74. The largest absolute Gasteiger partial charge is 0.507 e. The van der Waals surface area contributed by atoms with E-state index in [4.69, 9.17) is 0 Å². The van der Waals surface area contributed by atoms with Crippen LogP contribution in [0.2, 0.25) is 0 Å². The lowest BCUT2D eigenvalue weighted by molar-refractivity contribution is 0.167. The molecule has 0 fully saturated rings. The minimum Gasteiger partial charge on any atom is -0.507 e. The maximum Gasteiger partial charge on any atom is 0.192 e. The summed E-state index contributed by atoms with van der Waals surface area (Å²) in [6.07, 6.45) is -5.82. The molecule has 20 heavy (non-hydrogen) atoms. The summed E-state index contributed by atoms with van der Waals surface area (Å²) >= 11 is 0. The van der Waals surface area contributed by atoms with Crippen molar-refractivity contribution in [3.63, 3.8) is 0 Å². The summed E-state index contributed by atoms with van der Waals surface area (Å²) in [4.78, 5) is 0. The van der Waals surface area contributed by atoms with Crippen LogP contribution in [0.4, 0.5) is 22.0 Å². The molecule has 108 valence electrons. The van der Waals surface area contributed by atoms with Crippen molar-refractivity contribution in [2.24, 2.45) is 0 Å². The number of rotatable bonds is 2. The van der Waals surface area contributed by atoms with Gasteiger partial charge in [-0.15, -0.1) is 0 Å². The standard InChI is InChI=1S/C13H10F5OP/c1-5-2-3-6(19)7(4-5)20-13-11(17)9(15)8(14)10(16)12(13)18/h2-4,8-9,19-20H,1H3. The van der Waals surface area contributed by atoms with Gasteiger partial charge in [-0.05, 0) is 27.6 Å². The quantitative estimate of drug-likeness (QED) is 0.646. The Balaban J connectivity index is 2.44. The molecule has 1 aliphatic carbocycles. The molecule has 3 unspecified atom stereocenters. The molecule has 7 heteroatoms. The highest BCUT2D eigenvalue weighted by Gasteiger charge is 2.40. The molecular weight excluding hydrogens is 298 g/mol. The summed E-state index contributed by atoms with van der Waals surface area (Å²) in [6.45, 7) is 1.68. The molecular formula is C13H10F5OP. The molecule has 0 spiro atoms. The fraction of sp³-hybridized carbons (Fsp3) is 0.231. The number of aryl methyl sites for hydroxylation is 1. The van der Waals surface area contributed by atoms with Crippen LogP contribution in [0, 0.1) is 6.92 Å². The van der Waals surface area contributed by atoms with E-state index < -0.39 is 43.7 Å². The van der Waals surface area contributed by atoms with E-state index in [1.54, 1.807) is 13.0 Å². The SMILES string of the molecule is Cc1ccc(O)c(PC2=C(F)C(F)C(F)C(F)=C2F)c1. The molecule has 0 aromatic heterocycles. The number of aromatic hydroxyl groups is 1. The molecule has 1 nitrogen and oxygen atoms in total. The van der Waals surface area contributed by atoms with E-state index in [-0.39, 0.29) is 11.1 Å². The summed E-state index contributed by atoms with van der Waals surface area (Å²) in [7, 11) is -0.854. The van der Waals surface area contributed by atoms with Gasteiger partial charge in [0.25, 0.3) is 0 Å². The molecule has 0 radical (unpaired) electrons. The third-order valence-corrected chi connectivity index (χ3v) is 4.20. The van der Waals surface area contributed by atoms with E-state index in [1.165, 1.54) is 12.1 Å². The van der Waals surface area contributed by atoms with Gasteiger partial charge in [0.1, 0.15) is 11.6 Å². The Morgan fingerprint density at radius 2 is 1.65 bits per heavy atom. The summed E-state index contributed by atoms with van der Waals surface area (Å²) in [5.74, 6) is -5.60. The zero-order valence-electron chi connectivity index (χ0n) is 10.2. The molecule has 0 heterocycles. The molecule has 1 aliphatic rings. The third kappa shape index (κ3) is 2.57. The number of benzene rings is 1. The van der Waals surface area contributed by atoms with Gasteiger partial charge in [0.2, 0.25) is 0 Å². The third-order valence-electron chi connectivity index (χ3n) is 2.82. The molecule has 0 amide bonds. The first-order valence-corrected chi connectivity index (χ1v) is 6.63. The average Bonchev–Trinajstić information content (AvgIpc) is 2.43. The van der Waals surface area contributed by atoms with Gasteiger partial charge >= 0.3 is 0 Å². The maximum absolute atomic E-state index is 13.6. The normalized spacial score (nSPS) is 24.1. The Hall–Kier alpha value is -1.42. The second kappa shape index (κ2) is 5.52. The van der Waals surface area contributed by atoms with E-state index in [0.29, 0.717) is 5.56 Å². The van der Waals surface area contributed by atoms with Gasteiger partial charge in [-0.3, -0.25) is 0 Å². The number of halogens is 5. The van der Waals surface area contributed by atoms with E-state index in [0.717, 1.165) is 0 Å². The lowest BCUT2D eigenvalue weighted by Gasteiger charge is -2.20. The fourth-order valence-corrected chi connectivity index (χ4v) is 3.01. The smallest absolute Gasteiger partial charge is 0.192 e. The van der Waals surface area contributed by atoms with Crippen LogP contribution < -0.4 is 5.30 Å². The molecule has 1 aromatic carbocycles. The van der Waals surface area contributed by atoms with E-state index in [2.05, 4.69) is 0 Å². The highest BCUT2D eigenvalue weighted by molar-refractivity contribution is 7.52. The highest BCUT2D eigenvalue weighted by Crippen LogP contribution is 2.45. The molecule has 1 aromatic rings. The van der Waals surface area contributed by atoms with Crippen molar-refractivity contribution in [3.05, 3.63) is 46.6 Å². The van der Waals surface area contributed by atoms with Gasteiger partial charge in [-0.1, -0.05) is 11.6 Å². The summed E-state index contributed by atoms with van der Waals surface area (Å²) < 4.78 is 66.5. The Labute approximate surface area is 113 Å². The average molecular weight is 308 g/mol. The Morgan fingerprint density at radius 1 is 1.05 bits per heavy atom. The van der Waals surface area contributed by atoms with Gasteiger partial charge < -0.3 is 5.11 Å². The van der Waals surface area contributed by atoms with Crippen LogP contribution in [0.5, 0.6) is 5.75 Å². The first-order valence-electron chi connectivity index (χ1n) is 5.63. The lowest BCUT2D eigenvalue weighted by atomic mass is 10.1. The monoisotopic (exact) mass is 308 g/mol. The lowest BCUT2D eigenvalue weighted by Crippen LogP contribution is -2.24. The van der Waals surface area contributed by atoms with Crippen molar-refractivity contribution in [2.75, 3.05) is 0 Å². The van der Waals surface area contributed by atoms with Gasteiger partial charge in [0.05, 0.1) is 5.31 Å². The van der Waals surface area contributed by atoms with Crippen molar-refractivity contribution in [1.82, 2.24) is 0 Å². The molecule has 0 saturated heterocycles. The van der Waals surface area contributed by atoms with Crippen LogP contribution >= 0.6 is 8.58 Å². The van der Waals surface area contributed by atoms with Crippen molar-refractivity contribution in [2.45, 2.75) is 19.3 Å². The van der Waals surface area contributed by atoms with Crippen LogP contribution in [0.1, 0.15) is 5.56 Å². The number of hydrogen-bond donors (Lipinski definition) is 1. The van der Waals surface area contributed by atoms with Crippen molar-refractivity contribution >= 4 is 13.9 Å². The summed E-state index contributed by atoms with van der Waals surface area (Å²) in [6, 6.07) is 4.31. The van der Waals surface area contributed by atoms with E-state index >= 15 is 0 Å². The van der Waals surface area contributed by atoms with Crippen LogP contribution in [0.3, 0.4) is 0 Å². The van der Waals surface area contributed by atoms with Gasteiger partial charge in [0, 0.05) is 5.30 Å². The predicted octanol–water partition coefficient (Wildman–Crippen LogP) is 4.03. The molecule has 0 bridgehead atoms. The number of allylic oxidation sites excluding steroid dienone is 4. The van der Waals surface area contributed by atoms with Gasteiger partial charge in [-0.25, -0.2) is 22.0 Å². The first-order chi connectivity index (χ1) is 9.32. The van der Waals surface area contributed by atoms with Crippen LogP contribution in [0.15, 0.2) is 41.0 Å². The van der Waals surface area contributed by atoms with Crippen molar-refractivity contribution in [3.8, 4) is 5.75 Å². The van der Waals surface area contributed by atoms with Crippen molar-refractivity contribution in [1.29, 1.82) is 0 Å². The Bertz CT molecular complexity index is 611. The minimum atomic E-state index is -2.96. The minimum absolute atomic E-state index is 0.127. The Kier molecular flexibility index (Phi) is 4.14. The molecule has 0 saturated carbocycles. The number of hydrogen-bond acceptors (Lipinski definition) is 1. The molecule has 3 atom stereocenters. The zero-order chi connectivity index (χ0) is 15.0. The zero-order valence-corrected chi connectivity index (χ0v) is 11.2. The highest BCUT2D eigenvalue weighted by atomic mass is 31.1. The van der Waals surface area contributed by atoms with Crippen LogP contribution in [-0.4, -0.2) is 17.4 Å². The number of alkyl halides is 2.